The molecule has 2 aromatic carbocycles. The highest BCUT2D eigenvalue weighted by Gasteiger charge is 2.26. The van der Waals surface area contributed by atoms with Crippen LogP contribution in [-0.4, -0.2) is 4.98 Å². The molecule has 0 spiro atoms. The normalized spacial score (nSPS) is 14.4. The van der Waals surface area contributed by atoms with E-state index in [0.717, 1.165) is 26.8 Å². The number of benzene rings is 2. The lowest BCUT2D eigenvalue weighted by Crippen LogP contribution is -2.14. The van der Waals surface area contributed by atoms with Crippen molar-refractivity contribution in [3.05, 3.63) is 81.0 Å². The van der Waals surface area contributed by atoms with Gasteiger partial charge in [0.25, 0.3) is 0 Å². The predicted molar refractivity (Wildman–Crippen MR) is 111 cm³/mol. The topological polar surface area (TPSA) is 16.1 Å². The molecule has 0 amide bonds. The molecule has 0 atom stereocenters. The maximum absolute atomic E-state index is 6.07. The quantitative estimate of drug-likeness (QED) is 0.492. The van der Waals surface area contributed by atoms with Crippen LogP contribution in [0.1, 0.15) is 17.4 Å². The van der Waals surface area contributed by atoms with E-state index in [9.17, 15) is 0 Å². The largest absolute Gasteiger partial charge is 0.324 e. The van der Waals surface area contributed by atoms with Crippen molar-refractivity contribution in [2.75, 3.05) is 4.90 Å². The number of anilines is 1. The van der Waals surface area contributed by atoms with Gasteiger partial charge in [-0.25, -0.2) is 4.98 Å². The molecule has 2 nitrogen and oxygen atoms in total. The number of thioether (sulfide) groups is 1. The number of hydrogen-bond donors (Lipinski definition) is 0. The highest BCUT2D eigenvalue weighted by atomic mass is 35.5. The van der Waals surface area contributed by atoms with Crippen molar-refractivity contribution in [3.63, 3.8) is 0 Å². The van der Waals surface area contributed by atoms with E-state index in [4.69, 9.17) is 11.6 Å². The number of allylic oxidation sites excluding steroid dienone is 1. The van der Waals surface area contributed by atoms with Crippen LogP contribution in [0.3, 0.4) is 0 Å². The van der Waals surface area contributed by atoms with Crippen molar-refractivity contribution in [1.29, 1.82) is 0 Å². The molecule has 25 heavy (non-hydrogen) atoms. The van der Waals surface area contributed by atoms with Gasteiger partial charge in [-0.2, -0.15) is 0 Å². The van der Waals surface area contributed by atoms with Gasteiger partial charge in [0.05, 0.1) is 11.4 Å². The number of halogens is 1. The molecule has 0 saturated carbocycles. The van der Waals surface area contributed by atoms with Gasteiger partial charge >= 0.3 is 0 Å². The van der Waals surface area contributed by atoms with Crippen LogP contribution in [-0.2, 0) is 0 Å². The predicted octanol–water partition coefficient (Wildman–Crippen LogP) is 6.83. The molecule has 0 saturated heterocycles. The minimum Gasteiger partial charge on any atom is -0.324 e. The third-order valence-electron chi connectivity index (χ3n) is 4.04. The number of para-hydroxylation sites is 1. The molecule has 1 aromatic heterocycles. The maximum Gasteiger partial charge on any atom is 0.125 e. The van der Waals surface area contributed by atoms with Gasteiger partial charge in [-0.05, 0) is 43.7 Å². The zero-order valence-electron chi connectivity index (χ0n) is 13.9. The third-order valence-corrected chi connectivity index (χ3v) is 6.10. The van der Waals surface area contributed by atoms with E-state index in [-0.39, 0.29) is 0 Å². The summed E-state index contributed by atoms with van der Waals surface area (Å²) in [5.74, 6) is 2.17. The highest BCUT2D eigenvalue weighted by Crippen LogP contribution is 2.46. The summed E-state index contributed by atoms with van der Waals surface area (Å²) in [6, 6.07) is 16.5. The summed E-state index contributed by atoms with van der Waals surface area (Å²) >= 11 is 9.53. The fraction of sp³-hybridized carbons (Fsp3) is 0.100. The van der Waals surface area contributed by atoms with Gasteiger partial charge in [-0.3, -0.25) is 0 Å². The van der Waals surface area contributed by atoms with Crippen molar-refractivity contribution in [1.82, 2.24) is 4.98 Å². The van der Waals surface area contributed by atoms with Crippen molar-refractivity contribution < 1.29 is 0 Å². The first-order chi connectivity index (χ1) is 12.1. The Morgan fingerprint density at radius 3 is 2.48 bits per heavy atom. The summed E-state index contributed by atoms with van der Waals surface area (Å²) in [6.45, 7) is 4.24. The minimum atomic E-state index is 0.752. The first-order valence-corrected chi connectivity index (χ1v) is 9.99. The average molecular weight is 384 g/mol. The lowest BCUT2D eigenvalue weighted by molar-refractivity contribution is 1.27. The standard InChI is InChI=1S/C20H16ClN2S2/c1-13-11-22-20(25-13)17-5-3-4-6-18(17)23-12-24-14(2)19(23)15-7-9-16(21)10-8-15/h3-12H,1-2H3. The Bertz CT molecular complexity index is 944. The Balaban J connectivity index is 1.81. The molecule has 5 heteroatoms. The summed E-state index contributed by atoms with van der Waals surface area (Å²) < 4.78 is 0. The Morgan fingerprint density at radius 2 is 1.76 bits per heavy atom. The highest BCUT2D eigenvalue weighted by molar-refractivity contribution is 8.05. The molecule has 3 aromatic rings. The van der Waals surface area contributed by atoms with Gasteiger partial charge in [0.15, 0.2) is 0 Å². The second kappa shape index (κ2) is 6.87. The van der Waals surface area contributed by atoms with Crippen LogP contribution in [0.2, 0.25) is 5.02 Å². The Labute approximate surface area is 161 Å². The second-order valence-electron chi connectivity index (χ2n) is 5.80. The number of rotatable bonds is 3. The van der Waals surface area contributed by atoms with Gasteiger partial charge in [-0.1, -0.05) is 35.9 Å². The van der Waals surface area contributed by atoms with E-state index < -0.39 is 0 Å². The Hall–Kier alpha value is -1.75. The van der Waals surface area contributed by atoms with Crippen LogP contribution in [0.25, 0.3) is 16.3 Å². The van der Waals surface area contributed by atoms with Gasteiger partial charge in [0.1, 0.15) is 10.9 Å². The number of nitrogens with zero attached hydrogens (tertiary/aromatic N) is 2. The zero-order valence-corrected chi connectivity index (χ0v) is 16.3. The van der Waals surface area contributed by atoms with E-state index in [1.807, 2.05) is 18.3 Å². The van der Waals surface area contributed by atoms with E-state index in [2.05, 4.69) is 66.0 Å². The first kappa shape index (κ1) is 16.7. The maximum atomic E-state index is 6.07. The Kier molecular flexibility index (Phi) is 4.59. The summed E-state index contributed by atoms with van der Waals surface area (Å²) in [5, 5.41) is 1.80. The van der Waals surface area contributed by atoms with Crippen molar-refractivity contribution >= 4 is 46.1 Å². The zero-order chi connectivity index (χ0) is 17.4. The third kappa shape index (κ3) is 3.22. The number of hydrogen-bond acceptors (Lipinski definition) is 4. The van der Waals surface area contributed by atoms with Crippen molar-refractivity contribution in [2.24, 2.45) is 0 Å². The smallest absolute Gasteiger partial charge is 0.125 e. The molecule has 125 valence electrons. The molecule has 1 radical (unpaired) electrons. The van der Waals surface area contributed by atoms with E-state index >= 15 is 0 Å². The van der Waals surface area contributed by atoms with Crippen LogP contribution < -0.4 is 4.90 Å². The number of aromatic nitrogens is 1. The number of aryl methyl sites for hydroxylation is 1. The van der Waals surface area contributed by atoms with Crippen LogP contribution in [0, 0.1) is 12.8 Å². The molecule has 0 unspecified atom stereocenters. The lowest BCUT2D eigenvalue weighted by Gasteiger charge is -2.24. The average Bonchev–Trinajstić information content (AvgIpc) is 3.22. The number of thiazole rings is 1. The van der Waals surface area contributed by atoms with Gasteiger partial charge in [0, 0.05) is 26.6 Å². The van der Waals surface area contributed by atoms with E-state index in [1.165, 1.54) is 15.5 Å². The van der Waals surface area contributed by atoms with Crippen molar-refractivity contribution in [2.45, 2.75) is 13.8 Å². The van der Waals surface area contributed by atoms with Gasteiger partial charge in [0.2, 0.25) is 0 Å². The fourth-order valence-electron chi connectivity index (χ4n) is 2.88. The summed E-state index contributed by atoms with van der Waals surface area (Å²) in [4.78, 5) is 9.33. The molecule has 4 rings (SSSR count). The van der Waals surface area contributed by atoms with Crippen LogP contribution in [0.4, 0.5) is 5.69 Å². The summed E-state index contributed by atoms with van der Waals surface area (Å²) in [7, 11) is 0. The summed E-state index contributed by atoms with van der Waals surface area (Å²) in [5.41, 5.74) is 4.65. The lowest BCUT2D eigenvalue weighted by atomic mass is 10.1. The van der Waals surface area contributed by atoms with Crippen LogP contribution >= 0.6 is 34.7 Å². The van der Waals surface area contributed by atoms with Crippen molar-refractivity contribution in [3.8, 4) is 10.6 Å². The fourth-order valence-corrected chi connectivity index (χ4v) is 4.62. The summed E-state index contributed by atoms with van der Waals surface area (Å²) in [6.07, 6.45) is 1.93. The monoisotopic (exact) mass is 383 g/mol. The molecular formula is C20H16ClN2S2. The molecule has 0 aliphatic carbocycles. The van der Waals surface area contributed by atoms with Crippen LogP contribution in [0.5, 0.6) is 0 Å². The first-order valence-electron chi connectivity index (χ1n) is 7.91. The van der Waals surface area contributed by atoms with Gasteiger partial charge in [-0.15, -0.1) is 23.1 Å². The molecule has 1 aliphatic rings. The second-order valence-corrected chi connectivity index (χ2v) is 8.53. The molecule has 0 N–H and O–H groups in total. The van der Waals surface area contributed by atoms with Crippen LogP contribution in [0.15, 0.2) is 59.6 Å². The Morgan fingerprint density at radius 1 is 1.00 bits per heavy atom. The molecular weight excluding hydrogens is 368 g/mol. The minimum absolute atomic E-state index is 0.752. The molecule has 1 aliphatic heterocycles. The molecule has 0 bridgehead atoms. The SMILES string of the molecule is CC1=C(c2ccc(Cl)cc2)N(c2ccccc2-c2ncc(C)s2)[CH]S1. The van der Waals surface area contributed by atoms with Gasteiger partial charge < -0.3 is 4.90 Å². The van der Waals surface area contributed by atoms with E-state index in [1.54, 1.807) is 23.1 Å². The van der Waals surface area contributed by atoms with E-state index in [0.29, 0.717) is 0 Å². The molecule has 2 heterocycles. The molecule has 0 fully saturated rings.